The van der Waals surface area contributed by atoms with Gasteiger partial charge in [-0.05, 0) is 12.5 Å². The number of hydrogen-bond acceptors (Lipinski definition) is 1. The lowest BCUT2D eigenvalue weighted by Crippen LogP contribution is -2.15. The summed E-state index contributed by atoms with van der Waals surface area (Å²) in [7, 11) is 0. The number of rotatable bonds is 2. The first-order chi connectivity index (χ1) is 6.88. The highest BCUT2D eigenvalue weighted by molar-refractivity contribution is 5.30. The van der Waals surface area contributed by atoms with Gasteiger partial charge in [-0.15, -0.1) is 0 Å². The Morgan fingerprint density at radius 2 is 1.93 bits per heavy atom. The number of nitrogens with two attached hydrogens (primary N) is 1. The van der Waals surface area contributed by atoms with Crippen LogP contribution in [0, 0.1) is 5.82 Å². The van der Waals surface area contributed by atoms with Crippen molar-refractivity contribution in [1.82, 2.24) is 0 Å². The smallest absolute Gasteiger partial charge is 0.324 e. The second-order valence-corrected chi connectivity index (χ2v) is 3.22. The van der Waals surface area contributed by atoms with Crippen LogP contribution in [-0.4, -0.2) is 0 Å². The van der Waals surface area contributed by atoms with Crippen LogP contribution in [0.15, 0.2) is 18.2 Å². The Balaban J connectivity index is 3.23. The van der Waals surface area contributed by atoms with Gasteiger partial charge in [0.2, 0.25) is 0 Å². The van der Waals surface area contributed by atoms with E-state index in [1.165, 1.54) is 6.07 Å². The standard InChI is InChI=1S/C10H11F4N/c1-2-8(15)6-4-3-5-7(9(6)11)10(12,13)14/h3-5,8H,2,15H2,1H3. The molecule has 0 aliphatic rings. The molecule has 0 bridgehead atoms. The van der Waals surface area contributed by atoms with E-state index in [9.17, 15) is 17.6 Å². The van der Waals surface area contributed by atoms with Crippen LogP contribution in [0.4, 0.5) is 17.6 Å². The van der Waals surface area contributed by atoms with Crippen LogP contribution < -0.4 is 5.73 Å². The zero-order valence-electron chi connectivity index (χ0n) is 8.11. The quantitative estimate of drug-likeness (QED) is 0.762. The van der Waals surface area contributed by atoms with Crippen molar-refractivity contribution in [3.63, 3.8) is 0 Å². The fourth-order valence-electron chi connectivity index (χ4n) is 1.28. The van der Waals surface area contributed by atoms with Crippen molar-refractivity contribution >= 4 is 0 Å². The average molecular weight is 221 g/mol. The lowest BCUT2D eigenvalue weighted by atomic mass is 10.0. The zero-order chi connectivity index (χ0) is 11.6. The third-order valence-corrected chi connectivity index (χ3v) is 2.17. The van der Waals surface area contributed by atoms with Crippen LogP contribution in [0.25, 0.3) is 0 Å². The Labute approximate surface area is 84.9 Å². The SMILES string of the molecule is CCC(N)c1cccc(C(F)(F)F)c1F. The maximum absolute atomic E-state index is 13.4. The molecule has 1 rings (SSSR count). The van der Waals surface area contributed by atoms with Gasteiger partial charge in [0.25, 0.3) is 0 Å². The van der Waals surface area contributed by atoms with Crippen LogP contribution in [0.1, 0.15) is 30.5 Å². The Morgan fingerprint density at radius 3 is 2.40 bits per heavy atom. The Kier molecular flexibility index (Phi) is 3.34. The van der Waals surface area contributed by atoms with Gasteiger partial charge in [0.05, 0.1) is 5.56 Å². The van der Waals surface area contributed by atoms with Gasteiger partial charge < -0.3 is 5.73 Å². The highest BCUT2D eigenvalue weighted by Gasteiger charge is 2.35. The highest BCUT2D eigenvalue weighted by atomic mass is 19.4. The third-order valence-electron chi connectivity index (χ3n) is 2.17. The molecule has 1 aromatic rings. The first kappa shape index (κ1) is 12.0. The van der Waals surface area contributed by atoms with Crippen LogP contribution in [0.2, 0.25) is 0 Å². The highest BCUT2D eigenvalue weighted by Crippen LogP contribution is 2.33. The second-order valence-electron chi connectivity index (χ2n) is 3.22. The van der Waals surface area contributed by atoms with Crippen molar-refractivity contribution in [2.75, 3.05) is 0 Å². The molecule has 1 unspecified atom stereocenters. The van der Waals surface area contributed by atoms with E-state index in [-0.39, 0.29) is 5.56 Å². The molecular weight excluding hydrogens is 210 g/mol. The second kappa shape index (κ2) is 4.18. The molecular formula is C10H11F4N. The van der Waals surface area contributed by atoms with E-state index in [1.54, 1.807) is 6.92 Å². The van der Waals surface area contributed by atoms with E-state index in [1.807, 2.05) is 0 Å². The lowest BCUT2D eigenvalue weighted by molar-refractivity contribution is -0.140. The first-order valence-corrected chi connectivity index (χ1v) is 4.49. The predicted octanol–water partition coefficient (Wildman–Crippen LogP) is 3.25. The van der Waals surface area contributed by atoms with Gasteiger partial charge in [-0.3, -0.25) is 0 Å². The minimum Gasteiger partial charge on any atom is -0.324 e. The molecule has 0 radical (unpaired) electrons. The summed E-state index contributed by atoms with van der Waals surface area (Å²) in [6.07, 6.45) is -4.29. The number of benzene rings is 1. The van der Waals surface area contributed by atoms with E-state index in [2.05, 4.69) is 0 Å². The van der Waals surface area contributed by atoms with E-state index < -0.39 is 23.6 Å². The van der Waals surface area contributed by atoms with Crippen LogP contribution in [0.3, 0.4) is 0 Å². The summed E-state index contributed by atoms with van der Waals surface area (Å²) in [6.45, 7) is 1.68. The van der Waals surface area contributed by atoms with Crippen molar-refractivity contribution in [3.05, 3.63) is 35.1 Å². The summed E-state index contributed by atoms with van der Waals surface area (Å²) in [5.74, 6) is -1.26. The molecule has 0 aromatic heterocycles. The maximum Gasteiger partial charge on any atom is 0.419 e. The molecule has 0 saturated carbocycles. The monoisotopic (exact) mass is 221 g/mol. The van der Waals surface area contributed by atoms with Crippen molar-refractivity contribution in [3.8, 4) is 0 Å². The van der Waals surface area contributed by atoms with Gasteiger partial charge in [-0.25, -0.2) is 4.39 Å². The number of hydrogen-bond donors (Lipinski definition) is 1. The molecule has 84 valence electrons. The molecule has 0 amide bonds. The molecule has 5 heteroatoms. The molecule has 0 aliphatic carbocycles. The molecule has 1 atom stereocenters. The summed E-state index contributed by atoms with van der Waals surface area (Å²) in [6, 6.07) is 2.45. The van der Waals surface area contributed by atoms with Gasteiger partial charge in [0.1, 0.15) is 5.82 Å². The summed E-state index contributed by atoms with van der Waals surface area (Å²) in [4.78, 5) is 0. The largest absolute Gasteiger partial charge is 0.419 e. The molecule has 0 aliphatic heterocycles. The van der Waals surface area contributed by atoms with E-state index in [4.69, 9.17) is 5.73 Å². The summed E-state index contributed by atoms with van der Waals surface area (Å²) in [5.41, 5.74) is 4.15. The Morgan fingerprint density at radius 1 is 1.33 bits per heavy atom. The van der Waals surface area contributed by atoms with Gasteiger partial charge in [0, 0.05) is 11.6 Å². The van der Waals surface area contributed by atoms with Crippen LogP contribution in [-0.2, 0) is 6.18 Å². The van der Waals surface area contributed by atoms with Crippen molar-refractivity contribution in [2.24, 2.45) is 5.73 Å². The van der Waals surface area contributed by atoms with Crippen LogP contribution >= 0.6 is 0 Å². The summed E-state index contributed by atoms with van der Waals surface area (Å²) >= 11 is 0. The first-order valence-electron chi connectivity index (χ1n) is 4.49. The molecule has 1 nitrogen and oxygen atoms in total. The van der Waals surface area contributed by atoms with Gasteiger partial charge in [-0.1, -0.05) is 19.1 Å². The topological polar surface area (TPSA) is 26.0 Å². The van der Waals surface area contributed by atoms with E-state index in [0.29, 0.717) is 12.5 Å². The Bertz CT molecular complexity index is 346. The van der Waals surface area contributed by atoms with Crippen molar-refractivity contribution in [2.45, 2.75) is 25.6 Å². The molecule has 0 saturated heterocycles. The number of halogens is 4. The van der Waals surface area contributed by atoms with Crippen molar-refractivity contribution < 1.29 is 17.6 Å². The molecule has 0 fully saturated rings. The zero-order valence-corrected chi connectivity index (χ0v) is 8.11. The molecule has 2 N–H and O–H groups in total. The molecule has 15 heavy (non-hydrogen) atoms. The minimum absolute atomic E-state index is 0.0904. The summed E-state index contributed by atoms with van der Waals surface area (Å²) in [5, 5.41) is 0. The van der Waals surface area contributed by atoms with Gasteiger partial charge in [-0.2, -0.15) is 13.2 Å². The lowest BCUT2D eigenvalue weighted by Gasteiger charge is -2.14. The van der Waals surface area contributed by atoms with Gasteiger partial charge >= 0.3 is 6.18 Å². The number of alkyl halides is 3. The maximum atomic E-state index is 13.4. The average Bonchev–Trinajstić information content (AvgIpc) is 2.15. The van der Waals surface area contributed by atoms with Crippen molar-refractivity contribution in [1.29, 1.82) is 0 Å². The van der Waals surface area contributed by atoms with Gasteiger partial charge in [0.15, 0.2) is 0 Å². The fraction of sp³-hybridized carbons (Fsp3) is 0.400. The summed E-state index contributed by atoms with van der Waals surface area (Å²) < 4.78 is 50.4. The van der Waals surface area contributed by atoms with Crippen LogP contribution in [0.5, 0.6) is 0 Å². The fourth-order valence-corrected chi connectivity index (χ4v) is 1.28. The predicted molar refractivity (Wildman–Crippen MR) is 48.6 cm³/mol. The normalized spacial score (nSPS) is 14.0. The Hall–Kier alpha value is -1.10. The minimum atomic E-state index is -4.67. The van der Waals surface area contributed by atoms with E-state index in [0.717, 1.165) is 6.07 Å². The molecule has 0 spiro atoms. The third kappa shape index (κ3) is 2.47. The molecule has 0 heterocycles. The molecule has 1 aromatic carbocycles. The van der Waals surface area contributed by atoms with E-state index >= 15 is 0 Å².